The Balaban J connectivity index is 2.63. The number of nitrogens with two attached hydrogens (primary N) is 1. The van der Waals surface area contributed by atoms with Crippen LogP contribution in [0.4, 0.5) is 0 Å². The summed E-state index contributed by atoms with van der Waals surface area (Å²) in [5, 5.41) is 3.64. The predicted octanol–water partition coefficient (Wildman–Crippen LogP) is 1.19. The van der Waals surface area contributed by atoms with E-state index in [1.807, 2.05) is 0 Å². The van der Waals surface area contributed by atoms with E-state index in [4.69, 9.17) is 12.2 Å². The summed E-state index contributed by atoms with van der Waals surface area (Å²) in [4.78, 5) is 2.38. The molecule has 1 aliphatic heterocycles. The number of nitrogens with zero attached hydrogens (tertiary/aromatic N) is 1. The van der Waals surface area contributed by atoms with Crippen molar-refractivity contribution in [3.8, 4) is 12.3 Å². The lowest BCUT2D eigenvalue weighted by Gasteiger charge is -2.35. The van der Waals surface area contributed by atoms with Crippen LogP contribution in [-0.2, 0) is 0 Å². The maximum absolute atomic E-state index is 6.00. The summed E-state index contributed by atoms with van der Waals surface area (Å²) in [6, 6.07) is 0.173. The highest BCUT2D eigenvalue weighted by molar-refractivity contribution is 5.04. The van der Waals surface area contributed by atoms with E-state index >= 15 is 0 Å². The zero-order valence-corrected chi connectivity index (χ0v) is 11.3. The summed E-state index contributed by atoms with van der Waals surface area (Å²) in [6.45, 7) is 5.12. The third-order valence-corrected chi connectivity index (χ3v) is 3.82. The molecule has 0 aromatic rings. The zero-order valence-electron chi connectivity index (χ0n) is 11.3. The van der Waals surface area contributed by atoms with Crippen molar-refractivity contribution in [2.75, 3.05) is 26.7 Å². The van der Waals surface area contributed by atoms with Crippen molar-refractivity contribution in [1.29, 1.82) is 0 Å². The number of nitrogens with one attached hydrogen (secondary N) is 1. The first-order valence-electron chi connectivity index (χ1n) is 6.78. The molecular formula is C14H27N3. The van der Waals surface area contributed by atoms with Gasteiger partial charge in [0.25, 0.3) is 0 Å². The van der Waals surface area contributed by atoms with Gasteiger partial charge in [0.1, 0.15) is 0 Å². The third kappa shape index (κ3) is 4.31. The van der Waals surface area contributed by atoms with Crippen LogP contribution >= 0.6 is 0 Å². The molecule has 0 amide bonds. The topological polar surface area (TPSA) is 41.3 Å². The fourth-order valence-electron chi connectivity index (χ4n) is 2.59. The zero-order chi connectivity index (χ0) is 12.7. The first-order valence-corrected chi connectivity index (χ1v) is 6.78. The number of terminal acetylenes is 1. The molecule has 3 nitrogen and oxygen atoms in total. The van der Waals surface area contributed by atoms with Gasteiger partial charge in [-0.2, -0.15) is 0 Å². The minimum absolute atomic E-state index is 0.0525. The number of likely N-dealkylation sites (tertiary alicyclic amines) is 1. The maximum Gasteiger partial charge on any atom is 0.0691 e. The second kappa shape index (κ2) is 7.00. The van der Waals surface area contributed by atoms with E-state index in [0.29, 0.717) is 6.54 Å². The van der Waals surface area contributed by atoms with Crippen molar-refractivity contribution in [1.82, 2.24) is 10.2 Å². The Morgan fingerprint density at radius 3 is 2.82 bits per heavy atom. The standard InChI is InChI=1S/C14H27N3/c1-4-7-13(5-2)16-14(12-15)8-6-10-17(3)11-9-14/h2,13,16H,4,6-12,15H2,1,3H3. The molecule has 3 N–H and O–H groups in total. The Hall–Kier alpha value is -0.560. The smallest absolute Gasteiger partial charge is 0.0691 e. The summed E-state index contributed by atoms with van der Waals surface area (Å²) >= 11 is 0. The largest absolute Gasteiger partial charge is 0.329 e. The Kier molecular flexibility index (Phi) is 5.97. The molecule has 0 aromatic carbocycles. The quantitative estimate of drug-likeness (QED) is 0.706. The van der Waals surface area contributed by atoms with Crippen molar-refractivity contribution in [3.05, 3.63) is 0 Å². The van der Waals surface area contributed by atoms with Gasteiger partial charge >= 0.3 is 0 Å². The van der Waals surface area contributed by atoms with Crippen molar-refractivity contribution in [3.63, 3.8) is 0 Å². The summed E-state index contributed by atoms with van der Waals surface area (Å²) < 4.78 is 0. The molecule has 17 heavy (non-hydrogen) atoms. The summed E-state index contributed by atoms with van der Waals surface area (Å²) in [6.07, 6.45) is 11.2. The van der Waals surface area contributed by atoms with E-state index in [9.17, 15) is 0 Å². The molecule has 0 aromatic heterocycles. The van der Waals surface area contributed by atoms with Crippen molar-refractivity contribution in [2.24, 2.45) is 5.73 Å². The fourth-order valence-corrected chi connectivity index (χ4v) is 2.59. The van der Waals surface area contributed by atoms with Crippen LogP contribution in [0.5, 0.6) is 0 Å². The van der Waals surface area contributed by atoms with Crippen molar-refractivity contribution >= 4 is 0 Å². The minimum Gasteiger partial charge on any atom is -0.329 e. The van der Waals surface area contributed by atoms with Crippen LogP contribution in [0.1, 0.15) is 39.0 Å². The lowest BCUT2D eigenvalue weighted by atomic mass is 9.89. The van der Waals surface area contributed by atoms with Gasteiger partial charge in [-0.1, -0.05) is 19.3 Å². The van der Waals surface area contributed by atoms with Crippen LogP contribution < -0.4 is 11.1 Å². The molecule has 0 aliphatic carbocycles. The van der Waals surface area contributed by atoms with Gasteiger partial charge in [0, 0.05) is 12.1 Å². The summed E-state index contributed by atoms with van der Waals surface area (Å²) in [5.74, 6) is 2.86. The van der Waals surface area contributed by atoms with Gasteiger partial charge in [-0.05, 0) is 45.8 Å². The Morgan fingerprint density at radius 2 is 2.24 bits per heavy atom. The van der Waals surface area contributed by atoms with E-state index in [1.54, 1.807) is 0 Å². The first-order chi connectivity index (χ1) is 8.15. The molecule has 1 heterocycles. The van der Waals surface area contributed by atoms with Crippen LogP contribution in [0.15, 0.2) is 0 Å². The molecule has 0 bridgehead atoms. The molecule has 1 aliphatic rings. The van der Waals surface area contributed by atoms with Crippen molar-refractivity contribution in [2.45, 2.75) is 50.6 Å². The monoisotopic (exact) mass is 237 g/mol. The van der Waals surface area contributed by atoms with Gasteiger partial charge < -0.3 is 10.6 Å². The average molecular weight is 237 g/mol. The normalized spacial score (nSPS) is 28.4. The Morgan fingerprint density at radius 1 is 1.47 bits per heavy atom. The van der Waals surface area contributed by atoms with Crippen LogP contribution in [0, 0.1) is 12.3 Å². The highest BCUT2D eigenvalue weighted by atomic mass is 15.1. The van der Waals surface area contributed by atoms with Gasteiger partial charge in [-0.15, -0.1) is 6.42 Å². The van der Waals surface area contributed by atoms with E-state index in [0.717, 1.165) is 38.8 Å². The first kappa shape index (κ1) is 14.5. The van der Waals surface area contributed by atoms with E-state index in [-0.39, 0.29) is 11.6 Å². The molecular weight excluding hydrogens is 210 g/mol. The van der Waals surface area contributed by atoms with E-state index in [1.165, 1.54) is 6.42 Å². The highest BCUT2D eigenvalue weighted by Crippen LogP contribution is 2.22. The fraction of sp³-hybridized carbons (Fsp3) is 0.857. The van der Waals surface area contributed by atoms with Gasteiger partial charge in [-0.25, -0.2) is 0 Å². The average Bonchev–Trinajstić information content (AvgIpc) is 2.52. The summed E-state index contributed by atoms with van der Waals surface area (Å²) in [5.41, 5.74) is 6.06. The molecule has 0 radical (unpaired) electrons. The molecule has 1 fully saturated rings. The lowest BCUT2D eigenvalue weighted by molar-refractivity contribution is 0.265. The SMILES string of the molecule is C#CC(CCC)NC1(CN)CCCN(C)CC1. The van der Waals surface area contributed by atoms with Gasteiger partial charge in [0.05, 0.1) is 6.04 Å². The van der Waals surface area contributed by atoms with Crippen LogP contribution in [0.25, 0.3) is 0 Å². The van der Waals surface area contributed by atoms with Crippen LogP contribution in [-0.4, -0.2) is 43.2 Å². The van der Waals surface area contributed by atoms with E-state index in [2.05, 4.69) is 30.1 Å². The van der Waals surface area contributed by atoms with Gasteiger partial charge in [0.2, 0.25) is 0 Å². The highest BCUT2D eigenvalue weighted by Gasteiger charge is 2.31. The molecule has 98 valence electrons. The molecule has 0 saturated carbocycles. The third-order valence-electron chi connectivity index (χ3n) is 3.82. The summed E-state index contributed by atoms with van der Waals surface area (Å²) in [7, 11) is 2.18. The maximum atomic E-state index is 6.00. The predicted molar refractivity (Wildman–Crippen MR) is 73.8 cm³/mol. The second-order valence-corrected chi connectivity index (χ2v) is 5.29. The molecule has 0 spiro atoms. The molecule has 2 atom stereocenters. The van der Waals surface area contributed by atoms with Crippen LogP contribution in [0.2, 0.25) is 0 Å². The molecule has 1 rings (SSSR count). The Bertz CT molecular complexity index is 259. The van der Waals surface area contributed by atoms with Crippen LogP contribution in [0.3, 0.4) is 0 Å². The van der Waals surface area contributed by atoms with E-state index < -0.39 is 0 Å². The minimum atomic E-state index is 0.0525. The Labute approximate surface area is 106 Å². The number of hydrogen-bond acceptors (Lipinski definition) is 3. The molecule has 1 saturated heterocycles. The number of hydrogen-bond donors (Lipinski definition) is 2. The van der Waals surface area contributed by atoms with Crippen molar-refractivity contribution < 1.29 is 0 Å². The van der Waals surface area contributed by atoms with Gasteiger partial charge in [0.15, 0.2) is 0 Å². The molecule has 3 heteroatoms. The lowest BCUT2D eigenvalue weighted by Crippen LogP contribution is -2.55. The number of rotatable bonds is 5. The molecule has 2 unspecified atom stereocenters. The second-order valence-electron chi connectivity index (χ2n) is 5.29. The van der Waals surface area contributed by atoms with Gasteiger partial charge in [-0.3, -0.25) is 5.32 Å².